The normalized spacial score (nSPS) is 14.8. The first-order valence-corrected chi connectivity index (χ1v) is 41.1. The first-order valence-electron chi connectivity index (χ1n) is 41.1. The summed E-state index contributed by atoms with van der Waals surface area (Å²) in [7, 11) is 10.0. The lowest BCUT2D eigenvalue weighted by atomic mass is 9.76. The maximum absolute atomic E-state index is 13.9. The van der Waals surface area contributed by atoms with Crippen LogP contribution in [0.5, 0.6) is 0 Å². The van der Waals surface area contributed by atoms with Crippen molar-refractivity contribution >= 4 is 71.3 Å². The van der Waals surface area contributed by atoms with Gasteiger partial charge in [-0.05, 0) is 164 Å². The van der Waals surface area contributed by atoms with Gasteiger partial charge in [-0.15, -0.1) is 0 Å². The zero-order valence-electron chi connectivity index (χ0n) is 78.5. The zero-order valence-corrected chi connectivity index (χ0v) is 78.5. The number of hydrogen-bond acceptors (Lipinski definition) is 19. The molecule has 3 rings (SSSR count). The number of rotatable bonds is 35. The molecular weight excluding hydrogens is 1530 g/mol. The number of nitrogens with one attached hydrogen (secondary N) is 6. The van der Waals surface area contributed by atoms with E-state index < -0.39 is 128 Å². The first-order chi connectivity index (χ1) is 54.8. The van der Waals surface area contributed by atoms with Crippen molar-refractivity contribution in [1.29, 1.82) is 0 Å². The fraction of sp³-hybridized carbons (Fsp3) is 0.613. The molecule has 3 aromatic carbocycles. The van der Waals surface area contributed by atoms with Gasteiger partial charge in [-0.3, -0.25) is 28.8 Å². The summed E-state index contributed by atoms with van der Waals surface area (Å²) in [6.07, 6.45) is 8.53. The van der Waals surface area contributed by atoms with E-state index in [0.29, 0.717) is 11.1 Å². The molecule has 3 aromatic rings. The molecular formula is C93H147N9O18. The average molecular weight is 1680 g/mol. The Morgan fingerprint density at radius 3 is 0.767 bits per heavy atom. The molecule has 0 spiro atoms. The SMILES string of the molecule is CCOC(=O)/C=C/[C@H](C(C)C)N(C)C(=O)[C@@H](NC(=O)C(NC)C(C)(C)c1ccc(C(=O)O)cc1)C(C)(C)C.CCOC(=O)/C=C/[C@H](C(C)C)N(C)C(=O)[C@@H](NC(=O)[C@@H](NC)C(C)(C)c1ccc(C(=O)OC(C)(C)C)cc1)C(C)(C)C.CN[C@H](C(=O)N[C@H](C(=O)N(C)[C@H](/C=C/C(=O)O)C(C)C)C(C)(C)C)C(C)(C)c1ccc(C(=O)OC(C)(C)C)cc1. The number of carboxylic acids is 2. The standard InChI is InChI=1S/C33H53N3O6.C31H49N3O6.C29H45N3O6/c1-14-41-25(37)20-19-24(21(2)3)36(13)29(39)27(31(4,5)6)35-28(38)26(34-12)33(10,11)23-17-15-22(16-18-23)30(40)42-32(7,8)9;1-19(2)22(17-18-23(35)36)34(12)27(38)25(29(3,4)5)33-26(37)24(32-11)31(9,10)21-15-13-20(14-16-21)28(39)40-30(6,7)8;1-11-38-22(33)17-16-21(18(2)3)32(10)26(35)24(28(4,5)6)31-25(34)23(30-9)29(7,8)20-14-12-19(13-15-20)27(36)37/h15-21,24,26-27,34H,14H2,1-13H3,(H,35,38);13-19,22,24-25,32H,1-12H3,(H,33,37)(H,35,36);12-18,21,23-24,30H,11H2,1-10H3,(H,31,34)(H,36,37)/b20-19+;18-17+;17-16+/t24-,26-,27-;22-,24-,25-;21-,23?,24-/m111/s1. The van der Waals surface area contributed by atoms with Crippen LogP contribution in [0.25, 0.3) is 0 Å². The van der Waals surface area contributed by atoms with Crippen LogP contribution in [0.4, 0.5) is 0 Å². The molecule has 0 bridgehead atoms. The Kier molecular flexibility index (Phi) is 41.4. The number of likely N-dealkylation sites (N-methyl/N-ethyl adjacent to an activating group) is 6. The largest absolute Gasteiger partial charge is 0.478 e. The number of aromatic carboxylic acids is 1. The Labute approximate surface area is 715 Å². The van der Waals surface area contributed by atoms with E-state index in [0.717, 1.165) is 22.8 Å². The summed E-state index contributed by atoms with van der Waals surface area (Å²) in [4.78, 5) is 158. The highest BCUT2D eigenvalue weighted by Gasteiger charge is 2.46. The third-order valence-electron chi connectivity index (χ3n) is 20.7. The maximum atomic E-state index is 13.9. The average Bonchev–Trinajstić information content (AvgIpc) is 0.796. The van der Waals surface area contributed by atoms with Crippen molar-refractivity contribution in [3.63, 3.8) is 0 Å². The van der Waals surface area contributed by atoms with Gasteiger partial charge in [0, 0.05) is 55.6 Å². The number of aliphatic carboxylic acids is 1. The van der Waals surface area contributed by atoms with E-state index >= 15 is 0 Å². The Morgan fingerprint density at radius 1 is 0.358 bits per heavy atom. The molecule has 27 nitrogen and oxygen atoms in total. The second kappa shape index (κ2) is 45.9. The number of carboxylic acid groups (broad SMARTS) is 2. The van der Waals surface area contributed by atoms with Crippen molar-refractivity contribution in [2.75, 3.05) is 55.5 Å². The summed E-state index contributed by atoms with van der Waals surface area (Å²) < 4.78 is 20.9. The quantitative estimate of drug-likeness (QED) is 0.0154. The highest BCUT2D eigenvalue weighted by molar-refractivity contribution is 5.95. The van der Waals surface area contributed by atoms with E-state index in [1.165, 1.54) is 35.3 Å². The molecule has 0 aromatic heterocycles. The second-order valence-corrected chi connectivity index (χ2v) is 38.3. The molecule has 0 saturated carbocycles. The third kappa shape index (κ3) is 32.7. The van der Waals surface area contributed by atoms with Gasteiger partial charge in [-0.2, -0.15) is 0 Å². The minimum Gasteiger partial charge on any atom is -0.478 e. The predicted molar refractivity (Wildman–Crippen MR) is 471 cm³/mol. The van der Waals surface area contributed by atoms with Crippen LogP contribution in [0, 0.1) is 34.0 Å². The van der Waals surface area contributed by atoms with Crippen LogP contribution < -0.4 is 31.9 Å². The van der Waals surface area contributed by atoms with Gasteiger partial charge in [0.1, 0.15) is 29.3 Å². The van der Waals surface area contributed by atoms with Gasteiger partial charge in [0.15, 0.2) is 0 Å². The summed E-state index contributed by atoms with van der Waals surface area (Å²) in [5.74, 6) is -5.84. The molecule has 6 amide bonds. The van der Waals surface area contributed by atoms with E-state index in [2.05, 4.69) is 31.9 Å². The number of carbonyl (C=O) groups is 12. The van der Waals surface area contributed by atoms with Crippen LogP contribution >= 0.6 is 0 Å². The number of esters is 4. The van der Waals surface area contributed by atoms with Gasteiger partial charge in [0.25, 0.3) is 0 Å². The molecule has 0 aliphatic heterocycles. The molecule has 1 unspecified atom stereocenters. The third-order valence-corrected chi connectivity index (χ3v) is 20.7. The fourth-order valence-electron chi connectivity index (χ4n) is 13.7. The van der Waals surface area contributed by atoms with Crippen LogP contribution in [0.1, 0.15) is 249 Å². The van der Waals surface area contributed by atoms with Crippen molar-refractivity contribution in [3.8, 4) is 0 Å². The summed E-state index contributed by atoms with van der Waals surface area (Å²) in [5.41, 5.74) is -1.77. The Morgan fingerprint density at radius 2 is 0.583 bits per heavy atom. The maximum Gasteiger partial charge on any atom is 0.338 e. The minimum absolute atomic E-state index is 0.00344. The molecule has 0 saturated heterocycles. The van der Waals surface area contributed by atoms with Gasteiger partial charge >= 0.3 is 35.8 Å². The Bertz CT molecular complexity index is 4010. The lowest BCUT2D eigenvalue weighted by molar-refractivity contribution is -0.141. The minimum atomic E-state index is -1.09. The molecule has 0 heterocycles. The lowest BCUT2D eigenvalue weighted by Crippen LogP contribution is -2.61. The number of hydrogen-bond donors (Lipinski definition) is 8. The molecule has 0 radical (unpaired) electrons. The molecule has 0 aliphatic rings. The lowest BCUT2D eigenvalue weighted by Gasteiger charge is -2.39. The van der Waals surface area contributed by atoms with Crippen molar-refractivity contribution < 1.29 is 86.7 Å². The number of nitrogens with zero attached hydrogens (tertiary/aromatic N) is 3. The van der Waals surface area contributed by atoms with E-state index in [4.69, 9.17) is 24.1 Å². The van der Waals surface area contributed by atoms with Gasteiger partial charge in [0.05, 0.1) is 66.2 Å². The van der Waals surface area contributed by atoms with E-state index in [1.54, 1.807) is 127 Å². The highest BCUT2D eigenvalue weighted by atomic mass is 16.6. The van der Waals surface area contributed by atoms with Gasteiger partial charge < -0.3 is 75.8 Å². The van der Waals surface area contributed by atoms with Crippen LogP contribution in [0.3, 0.4) is 0 Å². The Balaban J connectivity index is 0.000000901. The summed E-state index contributed by atoms with van der Waals surface area (Å²) in [5, 5.41) is 36.6. The molecule has 672 valence electrons. The van der Waals surface area contributed by atoms with Crippen LogP contribution in [-0.2, 0) is 78.3 Å². The van der Waals surface area contributed by atoms with Gasteiger partial charge in [-0.25, -0.2) is 28.8 Å². The smallest absolute Gasteiger partial charge is 0.338 e. The van der Waals surface area contributed by atoms with Crippen LogP contribution in [0.15, 0.2) is 109 Å². The van der Waals surface area contributed by atoms with Crippen LogP contribution in [0.2, 0.25) is 0 Å². The molecule has 0 aliphatic carbocycles. The Hall–Kier alpha value is -9.60. The van der Waals surface area contributed by atoms with E-state index in [1.807, 2.05) is 199 Å². The van der Waals surface area contributed by atoms with E-state index in [-0.39, 0.29) is 78.0 Å². The van der Waals surface area contributed by atoms with Gasteiger partial charge in [0.2, 0.25) is 35.4 Å². The molecule has 8 N–H and O–H groups in total. The zero-order chi connectivity index (χ0) is 93.3. The highest BCUT2D eigenvalue weighted by Crippen LogP contribution is 2.35. The van der Waals surface area contributed by atoms with Crippen molar-refractivity contribution in [3.05, 3.63) is 143 Å². The number of carbonyl (C=O) groups excluding carboxylic acids is 10. The molecule has 27 heteroatoms. The first kappa shape index (κ1) is 108. The van der Waals surface area contributed by atoms with Crippen LogP contribution in [-0.4, -0.2) is 217 Å². The number of amides is 6. The number of benzene rings is 3. The number of ether oxygens (including phenoxy) is 4. The van der Waals surface area contributed by atoms with Crippen molar-refractivity contribution in [2.24, 2.45) is 34.0 Å². The monoisotopic (exact) mass is 1680 g/mol. The van der Waals surface area contributed by atoms with Gasteiger partial charge in [-0.1, -0.05) is 200 Å². The fourth-order valence-corrected chi connectivity index (χ4v) is 13.7. The summed E-state index contributed by atoms with van der Waals surface area (Å²) in [6.45, 7) is 54.9. The van der Waals surface area contributed by atoms with E-state index in [9.17, 15) is 62.6 Å². The van der Waals surface area contributed by atoms with Crippen molar-refractivity contribution in [1.82, 2.24) is 46.6 Å². The summed E-state index contributed by atoms with van der Waals surface area (Å²) in [6, 6.07) is 14.5. The predicted octanol–water partition coefficient (Wildman–Crippen LogP) is 12.2. The molecule has 0 fully saturated rings. The van der Waals surface area contributed by atoms with Crippen molar-refractivity contribution in [2.45, 2.75) is 283 Å². The second-order valence-electron chi connectivity index (χ2n) is 38.3. The molecule has 9 atom stereocenters. The topological polar surface area (TPSA) is 364 Å². The summed E-state index contributed by atoms with van der Waals surface area (Å²) >= 11 is 0. The molecule has 120 heavy (non-hydrogen) atoms.